The van der Waals surface area contributed by atoms with Crippen LogP contribution in [-0.4, -0.2) is 78.6 Å². The molecule has 0 atom stereocenters. The number of hydrogen-bond acceptors (Lipinski definition) is 4. The van der Waals surface area contributed by atoms with E-state index in [4.69, 9.17) is 4.74 Å². The molecule has 3 rings (SSSR count). The van der Waals surface area contributed by atoms with Crippen molar-refractivity contribution in [2.24, 2.45) is 0 Å². The monoisotopic (exact) mass is 392 g/mol. The summed E-state index contributed by atoms with van der Waals surface area (Å²) in [5.74, 6) is 0.182. The van der Waals surface area contributed by atoms with Gasteiger partial charge in [0.1, 0.15) is 11.6 Å². The molecule has 1 aromatic carbocycles. The summed E-state index contributed by atoms with van der Waals surface area (Å²) in [6.07, 6.45) is 2.09. The van der Waals surface area contributed by atoms with Crippen LogP contribution in [-0.2, 0) is 4.79 Å². The van der Waals surface area contributed by atoms with Gasteiger partial charge in [0.05, 0.1) is 18.3 Å². The molecule has 0 aliphatic carbocycles. The molecule has 0 unspecified atom stereocenters. The first-order chi connectivity index (χ1) is 13.4. The third kappa shape index (κ3) is 5.34. The van der Waals surface area contributed by atoms with Crippen LogP contribution in [0.3, 0.4) is 0 Å². The summed E-state index contributed by atoms with van der Waals surface area (Å²) in [7, 11) is 0. The average molecular weight is 392 g/mol. The predicted molar refractivity (Wildman–Crippen MR) is 105 cm³/mol. The molecule has 2 fully saturated rings. The zero-order valence-corrected chi connectivity index (χ0v) is 16.6. The minimum Gasteiger partial charge on any atom is -0.489 e. The zero-order valence-electron chi connectivity index (χ0n) is 16.6. The van der Waals surface area contributed by atoms with Crippen molar-refractivity contribution in [3.8, 4) is 5.75 Å². The quantitative estimate of drug-likeness (QED) is 0.836. The van der Waals surface area contributed by atoms with Gasteiger partial charge in [0.25, 0.3) is 0 Å². The van der Waals surface area contributed by atoms with E-state index in [2.05, 4.69) is 10.2 Å². The number of nitrogens with one attached hydrogen (secondary N) is 1. The number of nitrogens with zero attached hydrogens (tertiary/aromatic N) is 3. The van der Waals surface area contributed by atoms with Crippen LogP contribution >= 0.6 is 0 Å². The number of piperazine rings is 1. The summed E-state index contributed by atoms with van der Waals surface area (Å²) in [4.78, 5) is 30.5. The molecule has 2 saturated heterocycles. The standard InChI is InChI=1S/C20H29FN4O3/c1-15(2)28-18-6-5-16(21)13-17(18)22-20(27)25-11-9-23(10-12-25)14-19(26)24-7-3-4-8-24/h5-6,13,15H,3-4,7-12,14H2,1-2H3,(H,22,27). The summed E-state index contributed by atoms with van der Waals surface area (Å²) in [5.41, 5.74) is 0.324. The van der Waals surface area contributed by atoms with Crippen molar-refractivity contribution < 1.29 is 18.7 Å². The van der Waals surface area contributed by atoms with Crippen LogP contribution in [0, 0.1) is 5.82 Å². The van der Waals surface area contributed by atoms with Gasteiger partial charge in [-0.15, -0.1) is 0 Å². The molecule has 28 heavy (non-hydrogen) atoms. The Bertz CT molecular complexity index is 699. The summed E-state index contributed by atoms with van der Waals surface area (Å²) < 4.78 is 19.3. The van der Waals surface area contributed by atoms with Gasteiger partial charge in [-0.3, -0.25) is 9.69 Å². The number of likely N-dealkylation sites (tertiary alicyclic amines) is 1. The molecule has 3 amide bonds. The highest BCUT2D eigenvalue weighted by Gasteiger charge is 2.25. The van der Waals surface area contributed by atoms with E-state index in [9.17, 15) is 14.0 Å². The maximum atomic E-state index is 13.6. The summed E-state index contributed by atoms with van der Waals surface area (Å²) in [5, 5.41) is 2.76. The highest BCUT2D eigenvalue weighted by molar-refractivity contribution is 5.91. The summed E-state index contributed by atoms with van der Waals surface area (Å²) in [6, 6.07) is 3.81. The number of ether oxygens (including phenoxy) is 1. The molecule has 2 aliphatic rings. The van der Waals surface area contributed by atoms with Crippen LogP contribution in [0.1, 0.15) is 26.7 Å². The van der Waals surface area contributed by atoms with Gasteiger partial charge in [0.15, 0.2) is 0 Å². The van der Waals surface area contributed by atoms with E-state index < -0.39 is 5.82 Å². The molecule has 154 valence electrons. The lowest BCUT2D eigenvalue weighted by Crippen LogP contribution is -2.52. The first kappa shape index (κ1) is 20.4. The molecule has 2 aliphatic heterocycles. The number of amides is 3. The number of anilines is 1. The molecule has 2 heterocycles. The van der Waals surface area contributed by atoms with Gasteiger partial charge in [-0.2, -0.15) is 0 Å². The minimum absolute atomic E-state index is 0.0854. The smallest absolute Gasteiger partial charge is 0.322 e. The molecule has 7 nitrogen and oxygen atoms in total. The van der Waals surface area contributed by atoms with Gasteiger partial charge in [0, 0.05) is 45.3 Å². The number of halogens is 1. The third-order valence-electron chi connectivity index (χ3n) is 5.02. The van der Waals surface area contributed by atoms with E-state index in [0.29, 0.717) is 44.2 Å². The minimum atomic E-state index is -0.434. The molecule has 0 saturated carbocycles. The lowest BCUT2D eigenvalue weighted by atomic mass is 10.2. The number of rotatable bonds is 5. The van der Waals surface area contributed by atoms with E-state index in [1.165, 1.54) is 18.2 Å². The van der Waals surface area contributed by atoms with Crippen molar-refractivity contribution in [2.75, 3.05) is 51.1 Å². The van der Waals surface area contributed by atoms with Crippen LogP contribution in [0.2, 0.25) is 0 Å². The van der Waals surface area contributed by atoms with E-state index in [1.54, 1.807) is 4.90 Å². The average Bonchev–Trinajstić information content (AvgIpc) is 3.19. The molecule has 0 spiro atoms. The fraction of sp³-hybridized carbons (Fsp3) is 0.600. The van der Waals surface area contributed by atoms with Crippen LogP contribution in [0.5, 0.6) is 5.75 Å². The number of urea groups is 1. The normalized spacial score (nSPS) is 17.9. The molecule has 1 aromatic rings. The van der Waals surface area contributed by atoms with Crippen molar-refractivity contribution >= 4 is 17.6 Å². The molecule has 0 bridgehead atoms. The predicted octanol–water partition coefficient (Wildman–Crippen LogP) is 2.38. The Morgan fingerprint density at radius 2 is 1.75 bits per heavy atom. The molecule has 0 radical (unpaired) electrons. The Labute approximate surface area is 165 Å². The second-order valence-corrected chi connectivity index (χ2v) is 7.59. The Balaban J connectivity index is 1.51. The van der Waals surface area contributed by atoms with E-state index in [0.717, 1.165) is 25.9 Å². The van der Waals surface area contributed by atoms with E-state index in [-0.39, 0.29) is 18.0 Å². The Hall–Kier alpha value is -2.35. The van der Waals surface area contributed by atoms with Gasteiger partial charge in [0.2, 0.25) is 5.91 Å². The fourth-order valence-electron chi connectivity index (χ4n) is 3.52. The molecular weight excluding hydrogens is 363 g/mol. The first-order valence-electron chi connectivity index (χ1n) is 9.94. The topological polar surface area (TPSA) is 65.1 Å². The molecular formula is C20H29FN4O3. The number of benzene rings is 1. The fourth-order valence-corrected chi connectivity index (χ4v) is 3.52. The number of hydrogen-bond donors (Lipinski definition) is 1. The summed E-state index contributed by atoms with van der Waals surface area (Å²) >= 11 is 0. The Morgan fingerprint density at radius 1 is 1.07 bits per heavy atom. The molecule has 1 N–H and O–H groups in total. The van der Waals surface area contributed by atoms with Gasteiger partial charge >= 0.3 is 6.03 Å². The lowest BCUT2D eigenvalue weighted by Gasteiger charge is -2.35. The van der Waals surface area contributed by atoms with E-state index >= 15 is 0 Å². The maximum Gasteiger partial charge on any atom is 0.322 e. The maximum absolute atomic E-state index is 13.6. The van der Waals surface area contributed by atoms with Crippen LogP contribution in [0.4, 0.5) is 14.9 Å². The number of carbonyl (C=O) groups excluding carboxylic acids is 2. The zero-order chi connectivity index (χ0) is 20.1. The van der Waals surface area contributed by atoms with Gasteiger partial charge in [-0.05, 0) is 38.8 Å². The van der Waals surface area contributed by atoms with Crippen molar-refractivity contribution in [3.63, 3.8) is 0 Å². The van der Waals surface area contributed by atoms with Gasteiger partial charge in [-0.1, -0.05) is 0 Å². The van der Waals surface area contributed by atoms with Crippen molar-refractivity contribution in [2.45, 2.75) is 32.8 Å². The highest BCUT2D eigenvalue weighted by atomic mass is 19.1. The lowest BCUT2D eigenvalue weighted by molar-refractivity contribution is -0.131. The molecule has 0 aromatic heterocycles. The second kappa shape index (κ2) is 9.23. The Morgan fingerprint density at radius 3 is 2.39 bits per heavy atom. The largest absolute Gasteiger partial charge is 0.489 e. The number of carbonyl (C=O) groups is 2. The van der Waals surface area contributed by atoms with Crippen molar-refractivity contribution in [3.05, 3.63) is 24.0 Å². The second-order valence-electron chi connectivity index (χ2n) is 7.59. The third-order valence-corrected chi connectivity index (χ3v) is 5.02. The van der Waals surface area contributed by atoms with E-state index in [1.807, 2.05) is 18.7 Å². The van der Waals surface area contributed by atoms with Gasteiger partial charge < -0.3 is 19.9 Å². The SMILES string of the molecule is CC(C)Oc1ccc(F)cc1NC(=O)N1CCN(CC(=O)N2CCCC2)CC1. The first-order valence-corrected chi connectivity index (χ1v) is 9.94. The van der Waals surface area contributed by atoms with Crippen molar-refractivity contribution in [1.29, 1.82) is 0 Å². The van der Waals surface area contributed by atoms with Crippen LogP contribution < -0.4 is 10.1 Å². The summed E-state index contributed by atoms with van der Waals surface area (Å²) in [6.45, 7) is 8.20. The highest BCUT2D eigenvalue weighted by Crippen LogP contribution is 2.27. The van der Waals surface area contributed by atoms with Gasteiger partial charge in [-0.25, -0.2) is 9.18 Å². The van der Waals surface area contributed by atoms with Crippen LogP contribution in [0.15, 0.2) is 18.2 Å². The Kier molecular flexibility index (Phi) is 6.72. The van der Waals surface area contributed by atoms with Crippen molar-refractivity contribution in [1.82, 2.24) is 14.7 Å². The van der Waals surface area contributed by atoms with Crippen LogP contribution in [0.25, 0.3) is 0 Å². The molecule has 8 heteroatoms.